The van der Waals surface area contributed by atoms with E-state index in [0.717, 1.165) is 6.26 Å². The van der Waals surface area contributed by atoms with Crippen molar-refractivity contribution >= 4 is 45.0 Å². The standard InChI is InChI=1S/C9H8N2O4S.C8H6N2O2/c1-16(14,15)11-5-2-3-6-7(4-5)9(13)10-8(6)12;9-4-1-2-5-6(3-4)8(12)10-7(5)11/h2-4,11H,1H3,(H,10,12,13);1-3H,9H2,(H,10,11,12). The molecule has 2 heterocycles. The maximum absolute atomic E-state index is 11.3. The van der Waals surface area contributed by atoms with Gasteiger partial charge in [0.05, 0.1) is 28.5 Å². The van der Waals surface area contributed by atoms with Crippen molar-refractivity contribution in [1.82, 2.24) is 10.6 Å². The third kappa shape index (κ3) is 3.83. The minimum absolute atomic E-state index is 0.179. The number of amides is 4. The molecule has 0 saturated carbocycles. The highest BCUT2D eigenvalue weighted by Crippen LogP contribution is 2.20. The van der Waals surface area contributed by atoms with Gasteiger partial charge in [-0.05, 0) is 36.4 Å². The molecule has 5 N–H and O–H groups in total. The minimum atomic E-state index is -3.39. The molecule has 0 saturated heterocycles. The molecule has 0 aliphatic carbocycles. The molecule has 2 aliphatic rings. The average molecular weight is 402 g/mol. The topological polar surface area (TPSA) is 165 Å². The number of imide groups is 2. The predicted octanol–water partition coefficient (Wildman–Crippen LogP) is 0.0941. The number of benzene rings is 2. The van der Waals surface area contributed by atoms with Crippen molar-refractivity contribution in [2.24, 2.45) is 0 Å². The van der Waals surface area contributed by atoms with E-state index in [4.69, 9.17) is 5.73 Å². The summed E-state index contributed by atoms with van der Waals surface area (Å²) in [5.41, 5.74) is 7.38. The number of carbonyl (C=O) groups is 4. The number of rotatable bonds is 2. The van der Waals surface area contributed by atoms with E-state index in [9.17, 15) is 27.6 Å². The zero-order valence-electron chi connectivity index (χ0n) is 14.4. The Morgan fingerprint density at radius 2 is 1.21 bits per heavy atom. The maximum Gasteiger partial charge on any atom is 0.259 e. The lowest BCUT2D eigenvalue weighted by molar-refractivity contribution is 0.0863. The van der Waals surface area contributed by atoms with Crippen LogP contribution < -0.4 is 21.1 Å². The van der Waals surface area contributed by atoms with Crippen molar-refractivity contribution in [3.05, 3.63) is 58.7 Å². The van der Waals surface area contributed by atoms with Crippen LogP contribution in [0.1, 0.15) is 41.4 Å². The molecule has 0 fully saturated rings. The van der Waals surface area contributed by atoms with E-state index in [1.807, 2.05) is 0 Å². The van der Waals surface area contributed by atoms with E-state index < -0.39 is 21.8 Å². The van der Waals surface area contributed by atoms with Crippen LogP contribution in [0.15, 0.2) is 36.4 Å². The molecule has 4 rings (SSSR count). The normalized spacial score (nSPS) is 14.5. The molecule has 144 valence electrons. The van der Waals surface area contributed by atoms with Crippen LogP contribution in [0.3, 0.4) is 0 Å². The van der Waals surface area contributed by atoms with Gasteiger partial charge in [-0.2, -0.15) is 0 Å². The highest BCUT2D eigenvalue weighted by atomic mass is 32.2. The number of carbonyl (C=O) groups excluding carboxylic acids is 4. The van der Waals surface area contributed by atoms with Gasteiger partial charge in [-0.25, -0.2) is 8.42 Å². The van der Waals surface area contributed by atoms with Crippen LogP contribution in [0, 0.1) is 0 Å². The molecule has 0 radical (unpaired) electrons. The Hall–Kier alpha value is -3.73. The van der Waals surface area contributed by atoms with E-state index in [-0.39, 0.29) is 28.6 Å². The number of anilines is 2. The first-order valence-corrected chi connectivity index (χ1v) is 9.67. The summed E-state index contributed by atoms with van der Waals surface area (Å²) in [6.45, 7) is 0. The maximum atomic E-state index is 11.3. The number of nitrogen functional groups attached to an aromatic ring is 1. The van der Waals surface area contributed by atoms with Gasteiger partial charge in [0.25, 0.3) is 23.6 Å². The number of nitrogens with two attached hydrogens (primary N) is 1. The second kappa shape index (κ2) is 6.78. The van der Waals surface area contributed by atoms with E-state index in [0.29, 0.717) is 16.8 Å². The van der Waals surface area contributed by atoms with Crippen molar-refractivity contribution in [3.8, 4) is 0 Å². The number of fused-ring (bicyclic) bond motifs is 2. The van der Waals surface area contributed by atoms with Crippen molar-refractivity contribution in [2.45, 2.75) is 0 Å². The molecule has 2 aliphatic heterocycles. The minimum Gasteiger partial charge on any atom is -0.399 e. The van der Waals surface area contributed by atoms with Crippen LogP contribution in [-0.4, -0.2) is 38.3 Å². The molecule has 2 aromatic carbocycles. The van der Waals surface area contributed by atoms with Gasteiger partial charge in [-0.15, -0.1) is 0 Å². The van der Waals surface area contributed by atoms with E-state index >= 15 is 0 Å². The Bertz CT molecular complexity index is 1160. The molecule has 0 spiro atoms. The SMILES string of the molecule is CS(=O)(=O)Nc1ccc2c(c1)C(=O)NC2=O.Nc1ccc2c(c1)C(=O)NC2=O. The van der Waals surface area contributed by atoms with Gasteiger partial charge in [0.15, 0.2) is 0 Å². The highest BCUT2D eigenvalue weighted by Gasteiger charge is 2.27. The zero-order valence-corrected chi connectivity index (χ0v) is 15.2. The summed E-state index contributed by atoms with van der Waals surface area (Å²) in [6.07, 6.45) is 1.01. The summed E-state index contributed by atoms with van der Waals surface area (Å²) in [5, 5.41) is 4.29. The molecular formula is C17H14N4O6S. The third-order valence-electron chi connectivity index (χ3n) is 3.80. The fourth-order valence-electron chi connectivity index (χ4n) is 2.63. The summed E-state index contributed by atoms with van der Waals surface area (Å²) in [4.78, 5) is 44.5. The molecule has 2 aromatic rings. The first kappa shape index (κ1) is 19.0. The molecule has 11 heteroatoms. The van der Waals surface area contributed by atoms with Crippen molar-refractivity contribution in [3.63, 3.8) is 0 Å². The first-order valence-electron chi connectivity index (χ1n) is 7.78. The summed E-state index contributed by atoms with van der Waals surface area (Å²) in [7, 11) is -3.39. The Kier molecular flexibility index (Phi) is 4.61. The molecule has 10 nitrogen and oxygen atoms in total. The molecule has 28 heavy (non-hydrogen) atoms. The number of hydrogen-bond donors (Lipinski definition) is 4. The van der Waals surface area contributed by atoms with Gasteiger partial charge in [0.2, 0.25) is 10.0 Å². The number of sulfonamides is 1. The third-order valence-corrected chi connectivity index (χ3v) is 4.41. The van der Waals surface area contributed by atoms with Gasteiger partial charge in [0, 0.05) is 11.4 Å². The predicted molar refractivity (Wildman–Crippen MR) is 99.4 cm³/mol. The van der Waals surface area contributed by atoms with Crippen LogP contribution in [0.5, 0.6) is 0 Å². The molecule has 0 unspecified atom stereocenters. The molecule has 0 aromatic heterocycles. The lowest BCUT2D eigenvalue weighted by Crippen LogP contribution is -2.19. The highest BCUT2D eigenvalue weighted by molar-refractivity contribution is 7.92. The van der Waals surface area contributed by atoms with Crippen LogP contribution >= 0.6 is 0 Å². The average Bonchev–Trinajstić information content (AvgIpc) is 3.02. The van der Waals surface area contributed by atoms with Gasteiger partial charge in [-0.3, -0.25) is 34.5 Å². The van der Waals surface area contributed by atoms with Gasteiger partial charge >= 0.3 is 0 Å². The summed E-state index contributed by atoms with van der Waals surface area (Å²) >= 11 is 0. The second-order valence-electron chi connectivity index (χ2n) is 6.01. The van der Waals surface area contributed by atoms with Gasteiger partial charge in [-0.1, -0.05) is 0 Å². The lowest BCUT2D eigenvalue weighted by atomic mass is 10.1. The van der Waals surface area contributed by atoms with Crippen LogP contribution in [0.2, 0.25) is 0 Å². The van der Waals surface area contributed by atoms with Crippen LogP contribution in [0.4, 0.5) is 11.4 Å². The van der Waals surface area contributed by atoms with E-state index in [1.54, 1.807) is 12.1 Å². The molecular weight excluding hydrogens is 388 g/mol. The quantitative estimate of drug-likeness (QED) is 0.408. The van der Waals surface area contributed by atoms with Crippen molar-refractivity contribution in [2.75, 3.05) is 16.7 Å². The Balaban J connectivity index is 0.000000167. The smallest absolute Gasteiger partial charge is 0.259 e. The van der Waals surface area contributed by atoms with Crippen LogP contribution in [0.25, 0.3) is 0 Å². The van der Waals surface area contributed by atoms with Gasteiger partial charge < -0.3 is 5.73 Å². The largest absolute Gasteiger partial charge is 0.399 e. The fraction of sp³-hybridized carbons (Fsp3) is 0.0588. The van der Waals surface area contributed by atoms with Gasteiger partial charge in [0.1, 0.15) is 0 Å². The summed E-state index contributed by atoms with van der Waals surface area (Å²) < 4.78 is 24.2. The van der Waals surface area contributed by atoms with Crippen LogP contribution in [-0.2, 0) is 10.0 Å². The summed E-state index contributed by atoms with van der Waals surface area (Å²) in [5.74, 6) is -1.71. The van der Waals surface area contributed by atoms with Crippen molar-refractivity contribution in [1.29, 1.82) is 0 Å². The second-order valence-corrected chi connectivity index (χ2v) is 7.75. The summed E-state index contributed by atoms with van der Waals surface area (Å²) in [6, 6.07) is 8.80. The Morgan fingerprint density at radius 1 is 0.750 bits per heavy atom. The van der Waals surface area contributed by atoms with E-state index in [1.165, 1.54) is 24.3 Å². The van der Waals surface area contributed by atoms with Crippen molar-refractivity contribution < 1.29 is 27.6 Å². The lowest BCUT2D eigenvalue weighted by Gasteiger charge is -2.04. The number of hydrogen-bond acceptors (Lipinski definition) is 7. The molecule has 4 amide bonds. The Morgan fingerprint density at radius 3 is 1.75 bits per heavy atom. The fourth-order valence-corrected chi connectivity index (χ4v) is 3.19. The zero-order chi connectivity index (χ0) is 20.6. The first-order chi connectivity index (χ1) is 13.0. The molecule has 0 bridgehead atoms. The van der Waals surface area contributed by atoms with E-state index in [2.05, 4.69) is 15.4 Å². The Labute approximate surface area is 159 Å². The number of nitrogens with one attached hydrogen (secondary N) is 3. The monoisotopic (exact) mass is 402 g/mol. The molecule has 0 atom stereocenters.